The molecule has 28 heavy (non-hydrogen) atoms. The van der Waals surface area contributed by atoms with E-state index in [0.717, 1.165) is 12.1 Å². The number of hydrogen-bond acceptors (Lipinski definition) is 3. The largest absolute Gasteiger partial charge is 0.322 e. The highest BCUT2D eigenvalue weighted by Crippen LogP contribution is 2.25. The minimum absolute atomic E-state index is 0.0884. The molecule has 3 aromatic rings. The number of aromatic nitrogens is 2. The molecule has 1 saturated heterocycles. The Labute approximate surface area is 161 Å². The summed E-state index contributed by atoms with van der Waals surface area (Å²) in [7, 11) is 0. The lowest BCUT2D eigenvalue weighted by molar-refractivity contribution is -0.117. The summed E-state index contributed by atoms with van der Waals surface area (Å²) in [4.78, 5) is 26.4. The maximum atomic E-state index is 14.0. The second-order valence-corrected chi connectivity index (χ2v) is 6.66. The smallest absolute Gasteiger partial charge is 0.259 e. The predicted octanol–water partition coefficient (Wildman–Crippen LogP) is 3.70. The maximum Gasteiger partial charge on any atom is 0.259 e. The molecule has 0 saturated carbocycles. The third-order valence-electron chi connectivity index (χ3n) is 4.82. The van der Waals surface area contributed by atoms with Gasteiger partial charge in [-0.15, -0.1) is 0 Å². The fourth-order valence-corrected chi connectivity index (χ4v) is 3.37. The summed E-state index contributed by atoms with van der Waals surface area (Å²) in [6.45, 7) is 2.40. The van der Waals surface area contributed by atoms with E-state index in [0.29, 0.717) is 29.9 Å². The number of benzene rings is 2. The van der Waals surface area contributed by atoms with Gasteiger partial charge in [0.05, 0.1) is 17.5 Å². The SMILES string of the molecule is Cc1c(C(=O)Nc2cccc(N3CCCC3=O)c2)cnn1-c1ccccc1F. The van der Waals surface area contributed by atoms with Crippen molar-refractivity contribution in [2.45, 2.75) is 19.8 Å². The van der Waals surface area contributed by atoms with Crippen LogP contribution in [0.4, 0.5) is 15.8 Å². The molecule has 0 radical (unpaired) electrons. The van der Waals surface area contributed by atoms with Crippen molar-refractivity contribution >= 4 is 23.2 Å². The molecule has 0 spiro atoms. The van der Waals surface area contributed by atoms with Gasteiger partial charge < -0.3 is 10.2 Å². The minimum Gasteiger partial charge on any atom is -0.322 e. The summed E-state index contributed by atoms with van der Waals surface area (Å²) >= 11 is 0. The van der Waals surface area contributed by atoms with Crippen LogP contribution in [0.3, 0.4) is 0 Å². The number of hydrogen-bond donors (Lipinski definition) is 1. The van der Waals surface area contributed by atoms with Gasteiger partial charge in [-0.05, 0) is 43.7 Å². The zero-order valence-corrected chi connectivity index (χ0v) is 15.4. The van der Waals surface area contributed by atoms with Crippen LogP contribution in [0.5, 0.6) is 0 Å². The van der Waals surface area contributed by atoms with Crippen molar-refractivity contribution in [1.29, 1.82) is 0 Å². The van der Waals surface area contributed by atoms with Gasteiger partial charge in [0, 0.05) is 24.3 Å². The van der Waals surface area contributed by atoms with E-state index in [2.05, 4.69) is 10.4 Å². The summed E-state index contributed by atoms with van der Waals surface area (Å²) < 4.78 is 15.4. The van der Waals surface area contributed by atoms with Crippen LogP contribution < -0.4 is 10.2 Å². The third kappa shape index (κ3) is 3.26. The van der Waals surface area contributed by atoms with Crippen molar-refractivity contribution in [3.05, 3.63) is 71.8 Å². The first kappa shape index (κ1) is 17.9. The molecule has 0 aliphatic carbocycles. The van der Waals surface area contributed by atoms with Crippen molar-refractivity contribution in [1.82, 2.24) is 9.78 Å². The Hall–Kier alpha value is -3.48. The Morgan fingerprint density at radius 3 is 2.75 bits per heavy atom. The first-order valence-electron chi connectivity index (χ1n) is 9.06. The molecule has 4 rings (SSSR count). The van der Waals surface area contributed by atoms with Gasteiger partial charge >= 0.3 is 0 Å². The Bertz CT molecular complexity index is 1060. The quantitative estimate of drug-likeness (QED) is 0.753. The number of nitrogens with zero attached hydrogens (tertiary/aromatic N) is 3. The molecule has 2 aromatic carbocycles. The third-order valence-corrected chi connectivity index (χ3v) is 4.82. The van der Waals surface area contributed by atoms with Crippen molar-refractivity contribution in [3.63, 3.8) is 0 Å². The molecule has 6 nitrogen and oxygen atoms in total. The van der Waals surface area contributed by atoms with Crippen molar-refractivity contribution in [2.24, 2.45) is 0 Å². The van der Waals surface area contributed by atoms with Crippen LogP contribution in [0.2, 0.25) is 0 Å². The van der Waals surface area contributed by atoms with Crippen LogP contribution >= 0.6 is 0 Å². The highest BCUT2D eigenvalue weighted by molar-refractivity contribution is 6.05. The highest BCUT2D eigenvalue weighted by atomic mass is 19.1. The number of halogens is 1. The van der Waals surface area contributed by atoms with Crippen molar-refractivity contribution < 1.29 is 14.0 Å². The van der Waals surface area contributed by atoms with E-state index < -0.39 is 5.82 Å². The van der Waals surface area contributed by atoms with E-state index in [1.807, 2.05) is 6.07 Å². The van der Waals surface area contributed by atoms with E-state index in [4.69, 9.17) is 0 Å². The Kier molecular flexibility index (Phi) is 4.65. The Morgan fingerprint density at radius 1 is 1.18 bits per heavy atom. The molecule has 0 bridgehead atoms. The van der Waals surface area contributed by atoms with E-state index in [-0.39, 0.29) is 17.5 Å². The summed E-state index contributed by atoms with van der Waals surface area (Å²) in [6.07, 6.45) is 2.81. The van der Waals surface area contributed by atoms with E-state index >= 15 is 0 Å². The molecule has 0 unspecified atom stereocenters. The van der Waals surface area contributed by atoms with Crippen molar-refractivity contribution in [2.75, 3.05) is 16.8 Å². The minimum atomic E-state index is -0.413. The van der Waals surface area contributed by atoms with Gasteiger partial charge in [0.25, 0.3) is 5.91 Å². The number of carbonyl (C=O) groups is 2. The molecular weight excluding hydrogens is 359 g/mol. The normalized spacial score (nSPS) is 13.8. The summed E-state index contributed by atoms with van der Waals surface area (Å²) in [5.41, 5.74) is 2.52. The molecule has 1 aliphatic rings. The average molecular weight is 378 g/mol. The van der Waals surface area contributed by atoms with Gasteiger partial charge in [-0.1, -0.05) is 18.2 Å². The van der Waals surface area contributed by atoms with Gasteiger partial charge in [-0.3, -0.25) is 9.59 Å². The van der Waals surface area contributed by atoms with Gasteiger partial charge in [0.15, 0.2) is 0 Å². The topological polar surface area (TPSA) is 67.2 Å². The fraction of sp³-hybridized carbons (Fsp3) is 0.190. The van der Waals surface area contributed by atoms with Crippen LogP contribution in [0.15, 0.2) is 54.7 Å². The zero-order chi connectivity index (χ0) is 19.7. The van der Waals surface area contributed by atoms with E-state index in [9.17, 15) is 14.0 Å². The van der Waals surface area contributed by atoms with E-state index in [1.54, 1.807) is 48.2 Å². The molecule has 1 aliphatic heterocycles. The first-order valence-corrected chi connectivity index (χ1v) is 9.06. The lowest BCUT2D eigenvalue weighted by Gasteiger charge is -2.16. The molecule has 7 heteroatoms. The Balaban J connectivity index is 1.57. The van der Waals surface area contributed by atoms with E-state index in [1.165, 1.54) is 16.9 Å². The highest BCUT2D eigenvalue weighted by Gasteiger charge is 2.22. The monoisotopic (exact) mass is 378 g/mol. The molecular formula is C21H19FN4O2. The lowest BCUT2D eigenvalue weighted by Crippen LogP contribution is -2.23. The average Bonchev–Trinajstić information content (AvgIpc) is 3.28. The molecule has 1 fully saturated rings. The Morgan fingerprint density at radius 2 is 2.00 bits per heavy atom. The molecule has 2 amide bonds. The second-order valence-electron chi connectivity index (χ2n) is 6.66. The maximum absolute atomic E-state index is 14.0. The molecule has 1 aromatic heterocycles. The van der Waals surface area contributed by atoms with Gasteiger partial charge in [-0.25, -0.2) is 9.07 Å². The van der Waals surface area contributed by atoms with Crippen molar-refractivity contribution in [3.8, 4) is 5.69 Å². The summed E-state index contributed by atoms with van der Waals surface area (Å²) in [6, 6.07) is 13.4. The van der Waals surface area contributed by atoms with Gasteiger partial charge in [0.2, 0.25) is 5.91 Å². The van der Waals surface area contributed by atoms with Crippen LogP contribution in [0, 0.1) is 12.7 Å². The van der Waals surface area contributed by atoms with Crippen LogP contribution in [-0.2, 0) is 4.79 Å². The number of rotatable bonds is 4. The summed E-state index contributed by atoms with van der Waals surface area (Å²) in [5.74, 6) is -0.667. The molecule has 142 valence electrons. The molecule has 2 heterocycles. The number of para-hydroxylation sites is 1. The summed E-state index contributed by atoms with van der Waals surface area (Å²) in [5, 5.41) is 7.00. The molecule has 1 N–H and O–H groups in total. The lowest BCUT2D eigenvalue weighted by atomic mass is 10.2. The standard InChI is InChI=1S/C21H19FN4O2/c1-14-17(13-23-26(14)19-9-3-2-8-18(19)22)21(28)24-15-6-4-7-16(12-15)25-11-5-10-20(25)27/h2-4,6-9,12-13H,5,10-11H2,1H3,(H,24,28). The van der Waals surface area contributed by atoms with Crippen LogP contribution in [0.1, 0.15) is 28.9 Å². The van der Waals surface area contributed by atoms with Crippen LogP contribution in [-0.4, -0.2) is 28.1 Å². The number of nitrogens with one attached hydrogen (secondary N) is 1. The van der Waals surface area contributed by atoms with Gasteiger partial charge in [-0.2, -0.15) is 5.10 Å². The second kappa shape index (κ2) is 7.26. The number of carbonyl (C=O) groups excluding carboxylic acids is 2. The van der Waals surface area contributed by atoms with Gasteiger partial charge in [0.1, 0.15) is 11.5 Å². The zero-order valence-electron chi connectivity index (χ0n) is 15.4. The predicted molar refractivity (Wildman–Crippen MR) is 104 cm³/mol. The fourth-order valence-electron chi connectivity index (χ4n) is 3.37. The first-order chi connectivity index (χ1) is 13.5. The number of amides is 2. The number of anilines is 2. The van der Waals surface area contributed by atoms with Crippen LogP contribution in [0.25, 0.3) is 5.69 Å². The molecule has 0 atom stereocenters.